The summed E-state index contributed by atoms with van der Waals surface area (Å²) in [5.41, 5.74) is 1.31. The number of nitrogens with zero attached hydrogens (tertiary/aromatic N) is 1. The summed E-state index contributed by atoms with van der Waals surface area (Å²) in [7, 11) is 0. The van der Waals surface area contributed by atoms with E-state index >= 15 is 0 Å². The molecule has 2 aliphatic heterocycles. The highest BCUT2D eigenvalue weighted by molar-refractivity contribution is 7.10. The normalized spacial score (nSPS) is 28.2. The first-order valence-electron chi connectivity index (χ1n) is 8.27. The first kappa shape index (κ1) is 13.8. The fourth-order valence-electron chi connectivity index (χ4n) is 4.03. The SMILES string of the molecule is CC1(C(=O)N2CCc3sccc3C2C2CC2)CCNCC1. The number of nitrogens with one attached hydrogen (secondary N) is 1. The molecule has 21 heavy (non-hydrogen) atoms. The molecule has 0 radical (unpaired) electrons. The van der Waals surface area contributed by atoms with Gasteiger partial charge in [0.2, 0.25) is 5.91 Å². The molecule has 0 spiro atoms. The third-order valence-electron chi connectivity index (χ3n) is 5.57. The van der Waals surface area contributed by atoms with E-state index < -0.39 is 0 Å². The number of rotatable bonds is 2. The van der Waals surface area contributed by atoms with Gasteiger partial charge in [-0.2, -0.15) is 0 Å². The molecule has 1 saturated carbocycles. The number of piperidine rings is 1. The van der Waals surface area contributed by atoms with Gasteiger partial charge in [0.15, 0.2) is 0 Å². The number of hydrogen-bond donors (Lipinski definition) is 1. The standard InChI is InChI=1S/C17H24N2OS/c1-17(6-8-18-9-7-17)16(20)19-10-4-14-13(5-11-21-14)15(19)12-2-3-12/h5,11-12,15,18H,2-4,6-10H2,1H3. The highest BCUT2D eigenvalue weighted by atomic mass is 32.1. The Morgan fingerprint density at radius 3 is 2.86 bits per heavy atom. The van der Waals surface area contributed by atoms with Gasteiger partial charge in [0.05, 0.1) is 6.04 Å². The zero-order chi connectivity index (χ0) is 14.4. The van der Waals surface area contributed by atoms with E-state index in [1.807, 2.05) is 11.3 Å². The summed E-state index contributed by atoms with van der Waals surface area (Å²) in [4.78, 5) is 17.0. The Hall–Kier alpha value is -0.870. The highest BCUT2D eigenvalue weighted by Gasteiger charge is 2.46. The van der Waals surface area contributed by atoms with Crippen molar-refractivity contribution in [2.24, 2.45) is 11.3 Å². The summed E-state index contributed by atoms with van der Waals surface area (Å²) in [5, 5.41) is 5.60. The van der Waals surface area contributed by atoms with Crippen LogP contribution in [0.5, 0.6) is 0 Å². The van der Waals surface area contributed by atoms with E-state index in [2.05, 4.69) is 28.6 Å². The minimum absolute atomic E-state index is 0.147. The molecule has 3 nitrogen and oxygen atoms in total. The molecule has 0 aromatic carbocycles. The zero-order valence-corrected chi connectivity index (χ0v) is 13.5. The second-order valence-corrected chi connectivity index (χ2v) is 8.14. The largest absolute Gasteiger partial charge is 0.335 e. The summed E-state index contributed by atoms with van der Waals surface area (Å²) < 4.78 is 0. The van der Waals surface area contributed by atoms with E-state index in [9.17, 15) is 4.79 Å². The van der Waals surface area contributed by atoms with E-state index in [1.165, 1.54) is 23.3 Å². The molecule has 114 valence electrons. The van der Waals surface area contributed by atoms with E-state index in [1.54, 1.807) is 0 Å². The van der Waals surface area contributed by atoms with Crippen LogP contribution in [0.15, 0.2) is 11.4 Å². The molecule has 0 bridgehead atoms. The van der Waals surface area contributed by atoms with Gasteiger partial charge in [-0.25, -0.2) is 0 Å². The quantitative estimate of drug-likeness (QED) is 0.911. The Morgan fingerprint density at radius 2 is 2.14 bits per heavy atom. The summed E-state index contributed by atoms with van der Waals surface area (Å²) in [6.07, 6.45) is 5.60. The Bertz CT molecular complexity index is 543. The topological polar surface area (TPSA) is 32.3 Å². The van der Waals surface area contributed by atoms with Gasteiger partial charge in [0.1, 0.15) is 0 Å². The molecule has 1 aromatic heterocycles. The van der Waals surface area contributed by atoms with Gasteiger partial charge in [0, 0.05) is 16.8 Å². The maximum atomic E-state index is 13.3. The summed E-state index contributed by atoms with van der Waals surface area (Å²) >= 11 is 1.87. The number of carbonyl (C=O) groups excluding carboxylic acids is 1. The summed E-state index contributed by atoms with van der Waals surface area (Å²) in [6, 6.07) is 2.65. The van der Waals surface area contributed by atoms with Gasteiger partial charge in [0.25, 0.3) is 0 Å². The van der Waals surface area contributed by atoms with Gasteiger partial charge >= 0.3 is 0 Å². The van der Waals surface area contributed by atoms with Crippen LogP contribution in [0.1, 0.15) is 49.1 Å². The lowest BCUT2D eigenvalue weighted by molar-refractivity contribution is -0.146. The predicted molar refractivity (Wildman–Crippen MR) is 85.4 cm³/mol. The van der Waals surface area contributed by atoms with Gasteiger partial charge in [-0.15, -0.1) is 11.3 Å². The monoisotopic (exact) mass is 304 g/mol. The molecule has 1 aliphatic carbocycles. The maximum absolute atomic E-state index is 13.3. The first-order valence-corrected chi connectivity index (χ1v) is 9.15. The molecule has 1 N–H and O–H groups in total. The molecular formula is C17H24N2OS. The van der Waals surface area contributed by atoms with Crippen molar-refractivity contribution in [3.8, 4) is 0 Å². The number of carbonyl (C=O) groups is 1. The van der Waals surface area contributed by atoms with Gasteiger partial charge in [-0.1, -0.05) is 6.92 Å². The highest BCUT2D eigenvalue weighted by Crippen LogP contribution is 2.49. The molecule has 1 saturated heterocycles. The van der Waals surface area contributed by atoms with Crippen LogP contribution in [-0.2, 0) is 11.2 Å². The van der Waals surface area contributed by atoms with Crippen molar-refractivity contribution < 1.29 is 4.79 Å². The number of thiophene rings is 1. The van der Waals surface area contributed by atoms with Crippen molar-refractivity contribution in [2.75, 3.05) is 19.6 Å². The Balaban J connectivity index is 1.63. The van der Waals surface area contributed by atoms with Crippen LogP contribution in [-0.4, -0.2) is 30.4 Å². The van der Waals surface area contributed by atoms with E-state index in [4.69, 9.17) is 0 Å². The number of hydrogen-bond acceptors (Lipinski definition) is 3. The summed E-state index contributed by atoms with van der Waals surface area (Å²) in [6.45, 7) is 5.07. The minimum Gasteiger partial charge on any atom is -0.335 e. The molecule has 3 heterocycles. The van der Waals surface area contributed by atoms with Crippen molar-refractivity contribution in [3.63, 3.8) is 0 Å². The predicted octanol–water partition coefficient (Wildman–Crippen LogP) is 2.97. The van der Waals surface area contributed by atoms with Crippen LogP contribution < -0.4 is 5.32 Å². The van der Waals surface area contributed by atoms with Crippen molar-refractivity contribution in [2.45, 2.75) is 45.1 Å². The number of amides is 1. The van der Waals surface area contributed by atoms with Crippen LogP contribution >= 0.6 is 11.3 Å². The van der Waals surface area contributed by atoms with Crippen molar-refractivity contribution in [1.82, 2.24) is 10.2 Å². The van der Waals surface area contributed by atoms with Crippen LogP contribution in [0.3, 0.4) is 0 Å². The van der Waals surface area contributed by atoms with Crippen molar-refractivity contribution in [3.05, 3.63) is 21.9 Å². The van der Waals surface area contributed by atoms with Crippen molar-refractivity contribution in [1.29, 1.82) is 0 Å². The summed E-state index contributed by atoms with van der Waals surface area (Å²) in [5.74, 6) is 1.13. The van der Waals surface area contributed by atoms with Gasteiger partial charge < -0.3 is 10.2 Å². The zero-order valence-electron chi connectivity index (χ0n) is 12.7. The molecule has 1 atom stereocenters. The smallest absolute Gasteiger partial charge is 0.229 e. The molecule has 1 unspecified atom stereocenters. The lowest BCUT2D eigenvalue weighted by Gasteiger charge is -2.43. The molecule has 1 aromatic rings. The van der Waals surface area contributed by atoms with Gasteiger partial charge in [-0.05, 0) is 68.1 Å². The molecule has 4 rings (SSSR count). The minimum atomic E-state index is -0.147. The van der Waals surface area contributed by atoms with E-state index in [0.29, 0.717) is 17.9 Å². The van der Waals surface area contributed by atoms with Crippen molar-refractivity contribution >= 4 is 17.2 Å². The fraction of sp³-hybridized carbons (Fsp3) is 0.706. The molecule has 2 fully saturated rings. The Kier molecular flexibility index (Phi) is 3.34. The first-order chi connectivity index (χ1) is 10.2. The van der Waals surface area contributed by atoms with Crippen LogP contribution in [0.2, 0.25) is 0 Å². The van der Waals surface area contributed by atoms with Gasteiger partial charge in [-0.3, -0.25) is 4.79 Å². The average molecular weight is 304 g/mol. The molecule has 3 aliphatic rings. The maximum Gasteiger partial charge on any atom is 0.229 e. The van der Waals surface area contributed by atoms with E-state index in [0.717, 1.165) is 38.9 Å². The van der Waals surface area contributed by atoms with Crippen LogP contribution in [0.25, 0.3) is 0 Å². The second-order valence-electron chi connectivity index (χ2n) is 7.14. The lowest BCUT2D eigenvalue weighted by Crippen LogP contribution is -2.51. The van der Waals surface area contributed by atoms with Crippen LogP contribution in [0.4, 0.5) is 0 Å². The fourth-order valence-corrected chi connectivity index (χ4v) is 4.95. The van der Waals surface area contributed by atoms with Crippen LogP contribution in [0, 0.1) is 11.3 Å². The second kappa shape index (κ2) is 5.10. The number of fused-ring (bicyclic) bond motifs is 1. The average Bonchev–Trinajstić information content (AvgIpc) is 3.22. The third-order valence-corrected chi connectivity index (χ3v) is 6.56. The Morgan fingerprint density at radius 1 is 1.38 bits per heavy atom. The molecular weight excluding hydrogens is 280 g/mol. The lowest BCUT2D eigenvalue weighted by atomic mass is 9.78. The van der Waals surface area contributed by atoms with E-state index in [-0.39, 0.29) is 5.41 Å². The Labute approximate surface area is 130 Å². The molecule has 4 heteroatoms. The molecule has 1 amide bonds. The third kappa shape index (κ3) is 2.33.